The summed E-state index contributed by atoms with van der Waals surface area (Å²) in [5, 5.41) is 7.69. The molecule has 2 atom stereocenters. The minimum absolute atomic E-state index is 0.0994. The smallest absolute Gasteiger partial charge is 0.422 e. The van der Waals surface area contributed by atoms with Crippen LogP contribution in [0, 0.1) is 5.92 Å². The molecule has 1 aromatic heterocycles. The predicted octanol–water partition coefficient (Wildman–Crippen LogP) is 2.42. The lowest BCUT2D eigenvalue weighted by Gasteiger charge is -2.37. The van der Waals surface area contributed by atoms with E-state index in [0.29, 0.717) is 18.3 Å². The third kappa shape index (κ3) is 4.00. The second kappa shape index (κ2) is 5.91. The topological polar surface area (TPSA) is 47.5 Å². The third-order valence-electron chi connectivity index (χ3n) is 3.77. The molecule has 1 aromatic rings. The molecule has 122 valence electrons. The van der Waals surface area contributed by atoms with Crippen molar-refractivity contribution in [3.05, 3.63) is 12.1 Å². The van der Waals surface area contributed by atoms with Gasteiger partial charge in [0.15, 0.2) is 12.4 Å². The van der Waals surface area contributed by atoms with Gasteiger partial charge in [0, 0.05) is 19.2 Å². The highest BCUT2D eigenvalue weighted by Gasteiger charge is 2.37. The zero-order valence-electron chi connectivity index (χ0n) is 12.2. The van der Waals surface area contributed by atoms with E-state index >= 15 is 0 Å². The maximum Gasteiger partial charge on any atom is 0.422 e. The highest BCUT2D eigenvalue weighted by Crippen LogP contribution is 2.37. The van der Waals surface area contributed by atoms with Gasteiger partial charge in [-0.3, -0.25) is 0 Å². The van der Waals surface area contributed by atoms with Crippen molar-refractivity contribution in [2.24, 2.45) is 5.92 Å². The fourth-order valence-corrected chi connectivity index (χ4v) is 2.62. The van der Waals surface area contributed by atoms with E-state index in [-0.39, 0.29) is 18.1 Å². The van der Waals surface area contributed by atoms with Gasteiger partial charge in [0.05, 0.1) is 12.2 Å². The van der Waals surface area contributed by atoms with Gasteiger partial charge in [-0.25, -0.2) is 0 Å². The minimum Gasteiger partial charge on any atom is -0.467 e. The van der Waals surface area contributed by atoms with Gasteiger partial charge in [-0.15, -0.1) is 10.2 Å². The summed E-state index contributed by atoms with van der Waals surface area (Å²) in [4.78, 5) is 2.07. The Balaban J connectivity index is 1.61. The number of aromatic nitrogens is 2. The molecule has 0 amide bonds. The molecule has 0 unspecified atom stereocenters. The van der Waals surface area contributed by atoms with Crippen molar-refractivity contribution in [3.8, 4) is 5.88 Å². The highest BCUT2D eigenvalue weighted by atomic mass is 19.4. The lowest BCUT2D eigenvalue weighted by atomic mass is 10.1. The van der Waals surface area contributed by atoms with Crippen LogP contribution in [0.4, 0.5) is 19.0 Å². The minimum atomic E-state index is -4.38. The molecule has 1 saturated heterocycles. The van der Waals surface area contributed by atoms with Gasteiger partial charge in [0.1, 0.15) is 0 Å². The molecule has 5 nitrogen and oxygen atoms in total. The number of hydrogen-bond donors (Lipinski definition) is 0. The van der Waals surface area contributed by atoms with Gasteiger partial charge < -0.3 is 14.4 Å². The fourth-order valence-electron chi connectivity index (χ4n) is 2.62. The summed E-state index contributed by atoms with van der Waals surface area (Å²) in [6, 6.07) is 3.06. The van der Waals surface area contributed by atoms with Crippen molar-refractivity contribution in [2.45, 2.75) is 38.1 Å². The Morgan fingerprint density at radius 3 is 2.64 bits per heavy atom. The molecule has 2 fully saturated rings. The molecule has 2 heterocycles. The Kier molecular flexibility index (Phi) is 4.12. The van der Waals surface area contributed by atoms with E-state index < -0.39 is 12.8 Å². The van der Waals surface area contributed by atoms with Crippen LogP contribution in [0.15, 0.2) is 12.1 Å². The van der Waals surface area contributed by atoms with E-state index in [2.05, 4.69) is 19.8 Å². The second-order valence-corrected chi connectivity index (χ2v) is 5.86. The molecule has 0 spiro atoms. The number of rotatable bonds is 4. The Morgan fingerprint density at radius 2 is 2.05 bits per heavy atom. The summed E-state index contributed by atoms with van der Waals surface area (Å²) in [5.41, 5.74) is 0. The highest BCUT2D eigenvalue weighted by molar-refractivity contribution is 5.39. The lowest BCUT2D eigenvalue weighted by Crippen LogP contribution is -2.47. The van der Waals surface area contributed by atoms with Gasteiger partial charge in [-0.05, 0) is 31.7 Å². The third-order valence-corrected chi connectivity index (χ3v) is 3.77. The second-order valence-electron chi connectivity index (χ2n) is 5.86. The standard InChI is InChI=1S/C14H18F3N3O2/c1-9-6-20(7-11(22-9)10-2-3-10)12-4-5-13(19-18-12)21-8-14(15,16)17/h4-5,9-11H,2-3,6-8H2,1H3/t9-,11-/m1/s1. The van der Waals surface area contributed by atoms with E-state index in [1.165, 1.54) is 18.9 Å². The Morgan fingerprint density at radius 1 is 1.27 bits per heavy atom. The summed E-state index contributed by atoms with van der Waals surface area (Å²) in [6.07, 6.45) is -1.69. The maximum atomic E-state index is 12.1. The van der Waals surface area contributed by atoms with Crippen LogP contribution in [0.1, 0.15) is 19.8 Å². The van der Waals surface area contributed by atoms with E-state index in [9.17, 15) is 13.2 Å². The Hall–Kier alpha value is -1.57. The first kappa shape index (κ1) is 15.3. The van der Waals surface area contributed by atoms with Gasteiger partial charge in [-0.1, -0.05) is 0 Å². The monoisotopic (exact) mass is 317 g/mol. The molecule has 0 radical (unpaired) electrons. The number of hydrogen-bond acceptors (Lipinski definition) is 5. The zero-order valence-corrected chi connectivity index (χ0v) is 12.2. The van der Waals surface area contributed by atoms with Crippen molar-refractivity contribution in [3.63, 3.8) is 0 Å². The van der Waals surface area contributed by atoms with Crippen molar-refractivity contribution in [1.29, 1.82) is 0 Å². The van der Waals surface area contributed by atoms with Gasteiger partial charge in [0.25, 0.3) is 0 Å². The average Bonchev–Trinajstić information content (AvgIpc) is 3.29. The van der Waals surface area contributed by atoms with Crippen molar-refractivity contribution < 1.29 is 22.6 Å². The quantitative estimate of drug-likeness (QED) is 0.853. The molecule has 0 aromatic carbocycles. The van der Waals surface area contributed by atoms with E-state index in [1.807, 2.05) is 6.92 Å². The number of halogens is 3. The Labute approximate surface area is 126 Å². The molecule has 8 heteroatoms. The number of anilines is 1. The number of morpholine rings is 1. The fraction of sp³-hybridized carbons (Fsp3) is 0.714. The molecule has 1 aliphatic carbocycles. The molecule has 2 aliphatic rings. The van der Waals surface area contributed by atoms with E-state index in [0.717, 1.165) is 6.54 Å². The van der Waals surface area contributed by atoms with Crippen LogP contribution < -0.4 is 9.64 Å². The summed E-state index contributed by atoms with van der Waals surface area (Å²) in [5.74, 6) is 1.13. The molecule has 0 N–H and O–H groups in total. The maximum absolute atomic E-state index is 12.1. The number of nitrogens with zero attached hydrogens (tertiary/aromatic N) is 3. The molecular weight excluding hydrogens is 299 g/mol. The Bertz CT molecular complexity index is 505. The van der Waals surface area contributed by atoms with E-state index in [1.54, 1.807) is 6.07 Å². The van der Waals surface area contributed by atoms with Crippen LogP contribution in [0.5, 0.6) is 5.88 Å². The summed E-state index contributed by atoms with van der Waals surface area (Å²) < 4.78 is 46.7. The molecule has 0 bridgehead atoms. The molecular formula is C14H18F3N3O2. The van der Waals surface area contributed by atoms with Crippen LogP contribution in [-0.2, 0) is 4.74 Å². The summed E-state index contributed by atoms with van der Waals surface area (Å²) in [7, 11) is 0. The zero-order chi connectivity index (χ0) is 15.7. The molecule has 3 rings (SSSR count). The van der Waals surface area contributed by atoms with Crippen LogP contribution in [-0.4, -0.2) is 48.3 Å². The predicted molar refractivity (Wildman–Crippen MR) is 72.9 cm³/mol. The van der Waals surface area contributed by atoms with Crippen LogP contribution in [0.2, 0.25) is 0 Å². The van der Waals surface area contributed by atoms with E-state index in [4.69, 9.17) is 4.74 Å². The number of ether oxygens (including phenoxy) is 2. The molecule has 1 aliphatic heterocycles. The molecule has 22 heavy (non-hydrogen) atoms. The van der Waals surface area contributed by atoms with Crippen LogP contribution >= 0.6 is 0 Å². The number of alkyl halides is 3. The first-order valence-electron chi connectivity index (χ1n) is 7.34. The largest absolute Gasteiger partial charge is 0.467 e. The average molecular weight is 317 g/mol. The summed E-state index contributed by atoms with van der Waals surface area (Å²) >= 11 is 0. The van der Waals surface area contributed by atoms with Crippen molar-refractivity contribution >= 4 is 5.82 Å². The lowest BCUT2D eigenvalue weighted by molar-refractivity contribution is -0.154. The first-order chi connectivity index (χ1) is 10.4. The van der Waals surface area contributed by atoms with Gasteiger partial charge in [0.2, 0.25) is 5.88 Å². The van der Waals surface area contributed by atoms with Crippen LogP contribution in [0.25, 0.3) is 0 Å². The van der Waals surface area contributed by atoms with Gasteiger partial charge in [-0.2, -0.15) is 13.2 Å². The summed E-state index contributed by atoms with van der Waals surface area (Å²) in [6.45, 7) is 2.09. The first-order valence-corrected chi connectivity index (χ1v) is 7.34. The SMILES string of the molecule is C[C@@H]1CN(c2ccc(OCC(F)(F)F)nn2)C[C@H](C2CC2)O1. The van der Waals surface area contributed by atoms with Crippen molar-refractivity contribution in [1.82, 2.24) is 10.2 Å². The normalized spacial score (nSPS) is 26.1. The van der Waals surface area contributed by atoms with Crippen LogP contribution in [0.3, 0.4) is 0 Å². The van der Waals surface area contributed by atoms with Crippen molar-refractivity contribution in [2.75, 3.05) is 24.6 Å². The van der Waals surface area contributed by atoms with Gasteiger partial charge >= 0.3 is 6.18 Å². The molecule has 1 saturated carbocycles.